The Hall–Kier alpha value is -1.99. The first-order chi connectivity index (χ1) is 12.6. The number of aromatic hydroxyl groups is 1. The summed E-state index contributed by atoms with van der Waals surface area (Å²) in [6.07, 6.45) is -0.245. The lowest BCUT2D eigenvalue weighted by molar-refractivity contribution is -0.310. The number of hydrogen-bond donors (Lipinski definition) is 1. The van der Waals surface area contributed by atoms with E-state index in [4.69, 9.17) is 46.4 Å². The first-order valence-corrected chi connectivity index (χ1v) is 8.89. The van der Waals surface area contributed by atoms with Gasteiger partial charge in [0.25, 0.3) is 11.8 Å². The standard InChI is InChI=1S/C17H9Cl4NO5/c18-11-9-10(12(19)14(21)13(11)20)16(25)22(15(9)24)8(17(26)27)5-6-1-3-7(23)4-2-6/h1-4,8,23H,5H2,(H,26,27)/p-1/t8-/m0/s1. The molecule has 0 aliphatic carbocycles. The van der Waals surface area contributed by atoms with Gasteiger partial charge in [-0.1, -0.05) is 58.5 Å². The zero-order valence-electron chi connectivity index (χ0n) is 13.1. The molecular formula is C17H8Cl4NO5-. The van der Waals surface area contributed by atoms with Crippen molar-refractivity contribution in [3.63, 3.8) is 0 Å². The summed E-state index contributed by atoms with van der Waals surface area (Å²) >= 11 is 23.9. The van der Waals surface area contributed by atoms with E-state index in [2.05, 4.69) is 0 Å². The fourth-order valence-corrected chi connectivity index (χ4v) is 3.80. The van der Waals surface area contributed by atoms with Crippen molar-refractivity contribution >= 4 is 64.2 Å². The summed E-state index contributed by atoms with van der Waals surface area (Å²) in [6.45, 7) is 0. The lowest BCUT2D eigenvalue weighted by Crippen LogP contribution is -2.51. The number of phenols is 1. The minimum atomic E-state index is -1.65. The van der Waals surface area contributed by atoms with Crippen LogP contribution in [0.15, 0.2) is 24.3 Å². The molecule has 0 fully saturated rings. The maximum atomic E-state index is 12.8. The molecule has 0 spiro atoms. The number of benzene rings is 2. The summed E-state index contributed by atoms with van der Waals surface area (Å²) < 4.78 is 0. The third kappa shape index (κ3) is 3.23. The van der Waals surface area contributed by atoms with Gasteiger partial charge >= 0.3 is 0 Å². The number of carbonyl (C=O) groups excluding carboxylic acids is 3. The van der Waals surface area contributed by atoms with Crippen LogP contribution in [0.25, 0.3) is 0 Å². The van der Waals surface area contributed by atoms with Crippen LogP contribution in [0.1, 0.15) is 26.3 Å². The predicted octanol–water partition coefficient (Wildman–Crippen LogP) is 2.96. The average Bonchev–Trinajstić information content (AvgIpc) is 2.88. The summed E-state index contributed by atoms with van der Waals surface area (Å²) in [4.78, 5) is 37.7. The summed E-state index contributed by atoms with van der Waals surface area (Å²) in [6, 6.07) is 3.97. The van der Waals surface area contributed by atoms with E-state index < -0.39 is 23.8 Å². The van der Waals surface area contributed by atoms with E-state index in [0.29, 0.717) is 10.5 Å². The molecule has 1 aliphatic heterocycles. The van der Waals surface area contributed by atoms with Gasteiger partial charge in [0.2, 0.25) is 0 Å². The van der Waals surface area contributed by atoms with E-state index in [1.807, 2.05) is 0 Å². The van der Waals surface area contributed by atoms with E-state index in [1.54, 1.807) is 0 Å². The van der Waals surface area contributed by atoms with Gasteiger partial charge in [-0.3, -0.25) is 14.5 Å². The number of imide groups is 1. The highest BCUT2D eigenvalue weighted by atomic mass is 35.5. The van der Waals surface area contributed by atoms with Gasteiger partial charge in [0, 0.05) is 0 Å². The van der Waals surface area contributed by atoms with Gasteiger partial charge in [-0.15, -0.1) is 0 Å². The quantitative estimate of drug-likeness (QED) is 0.441. The largest absolute Gasteiger partial charge is 0.548 e. The topological polar surface area (TPSA) is 97.7 Å². The minimum absolute atomic E-state index is 0.0210. The number of carboxylic acids is 1. The molecule has 2 aromatic carbocycles. The number of rotatable bonds is 4. The average molecular weight is 448 g/mol. The molecule has 3 rings (SSSR count). The summed E-state index contributed by atoms with van der Waals surface area (Å²) in [5, 5.41) is 20.0. The van der Waals surface area contributed by atoms with Gasteiger partial charge < -0.3 is 15.0 Å². The highest BCUT2D eigenvalue weighted by Crippen LogP contribution is 2.45. The molecule has 0 saturated carbocycles. The number of aliphatic carboxylic acids is 1. The van der Waals surface area contributed by atoms with Crippen molar-refractivity contribution in [3.05, 3.63) is 61.0 Å². The molecule has 0 radical (unpaired) electrons. The number of carboxylic acid groups (broad SMARTS) is 1. The van der Waals surface area contributed by atoms with Crippen molar-refractivity contribution in [2.75, 3.05) is 0 Å². The number of amides is 2. The maximum absolute atomic E-state index is 12.8. The molecule has 0 aromatic heterocycles. The van der Waals surface area contributed by atoms with Gasteiger partial charge in [0.15, 0.2) is 0 Å². The van der Waals surface area contributed by atoms with Gasteiger partial charge in [-0.05, 0) is 24.1 Å². The SMILES string of the molecule is O=C([O-])[C@H](Cc1ccc(O)cc1)N1C(=O)c2c(Cl)c(Cl)c(Cl)c(Cl)c2C1=O. The van der Waals surface area contributed by atoms with Crippen molar-refractivity contribution in [1.29, 1.82) is 0 Å². The number of hydrogen-bond acceptors (Lipinski definition) is 5. The first-order valence-electron chi connectivity index (χ1n) is 7.37. The second-order valence-electron chi connectivity index (χ2n) is 5.69. The van der Waals surface area contributed by atoms with E-state index in [0.717, 1.165) is 0 Å². The van der Waals surface area contributed by atoms with Crippen LogP contribution in [0.3, 0.4) is 0 Å². The van der Waals surface area contributed by atoms with Gasteiger partial charge in [0.1, 0.15) is 5.75 Å². The number of fused-ring (bicyclic) bond motifs is 1. The Morgan fingerprint density at radius 1 is 0.926 bits per heavy atom. The summed E-state index contributed by atoms with van der Waals surface area (Å²) in [7, 11) is 0. The smallest absolute Gasteiger partial charge is 0.263 e. The van der Waals surface area contributed by atoms with Crippen molar-refractivity contribution < 1.29 is 24.6 Å². The Balaban J connectivity index is 2.07. The molecule has 0 saturated heterocycles. The minimum Gasteiger partial charge on any atom is -0.548 e. The predicted molar refractivity (Wildman–Crippen MR) is 97.6 cm³/mol. The molecule has 10 heteroatoms. The molecule has 27 heavy (non-hydrogen) atoms. The lowest BCUT2D eigenvalue weighted by Gasteiger charge is -2.27. The first kappa shape index (κ1) is 19.8. The molecule has 0 unspecified atom stereocenters. The van der Waals surface area contributed by atoms with Crippen LogP contribution >= 0.6 is 46.4 Å². The molecule has 1 atom stereocenters. The van der Waals surface area contributed by atoms with Crippen molar-refractivity contribution in [2.45, 2.75) is 12.5 Å². The number of phenolic OH excluding ortho intramolecular Hbond substituents is 1. The Morgan fingerprint density at radius 2 is 1.37 bits per heavy atom. The summed E-state index contributed by atoms with van der Waals surface area (Å²) in [5.74, 6) is -3.60. The van der Waals surface area contributed by atoms with Gasteiger partial charge in [0.05, 0.1) is 43.2 Å². The van der Waals surface area contributed by atoms with Crippen molar-refractivity contribution in [3.8, 4) is 5.75 Å². The molecular weight excluding hydrogens is 440 g/mol. The molecule has 1 heterocycles. The number of nitrogens with zero attached hydrogens (tertiary/aromatic N) is 1. The van der Waals surface area contributed by atoms with Crippen LogP contribution < -0.4 is 5.11 Å². The zero-order valence-corrected chi connectivity index (χ0v) is 16.2. The van der Waals surface area contributed by atoms with Crippen LogP contribution in [-0.2, 0) is 11.2 Å². The fourth-order valence-electron chi connectivity index (χ4n) is 2.78. The third-order valence-electron chi connectivity index (χ3n) is 4.08. The second kappa shape index (κ2) is 7.20. The van der Waals surface area contributed by atoms with Crippen LogP contribution in [0, 0.1) is 0 Å². The number of halogens is 4. The Morgan fingerprint density at radius 3 is 1.78 bits per heavy atom. The van der Waals surface area contributed by atoms with E-state index in [-0.39, 0.29) is 43.4 Å². The highest BCUT2D eigenvalue weighted by molar-refractivity contribution is 6.55. The second-order valence-corrected chi connectivity index (χ2v) is 7.20. The normalized spacial score (nSPS) is 14.4. The molecule has 6 nitrogen and oxygen atoms in total. The maximum Gasteiger partial charge on any atom is 0.263 e. The molecule has 1 N–H and O–H groups in total. The van der Waals surface area contributed by atoms with Gasteiger partial charge in [-0.25, -0.2) is 0 Å². The van der Waals surface area contributed by atoms with Crippen LogP contribution in [0.5, 0.6) is 5.75 Å². The van der Waals surface area contributed by atoms with Crippen LogP contribution in [-0.4, -0.2) is 33.8 Å². The van der Waals surface area contributed by atoms with Crippen LogP contribution in [0.2, 0.25) is 20.1 Å². The highest BCUT2D eigenvalue weighted by Gasteiger charge is 2.45. The zero-order chi connectivity index (χ0) is 20.0. The Kier molecular flexibility index (Phi) is 5.27. The van der Waals surface area contributed by atoms with E-state index in [1.165, 1.54) is 24.3 Å². The lowest BCUT2D eigenvalue weighted by atomic mass is 10.0. The molecule has 140 valence electrons. The van der Waals surface area contributed by atoms with Crippen LogP contribution in [0.4, 0.5) is 0 Å². The summed E-state index contributed by atoms with van der Waals surface area (Å²) in [5.41, 5.74) is -0.164. The van der Waals surface area contributed by atoms with Crippen molar-refractivity contribution in [1.82, 2.24) is 4.90 Å². The fraction of sp³-hybridized carbons (Fsp3) is 0.118. The third-order valence-corrected chi connectivity index (χ3v) is 5.88. The van der Waals surface area contributed by atoms with Gasteiger partial charge in [-0.2, -0.15) is 0 Å². The Labute approximate surface area is 172 Å². The molecule has 1 aliphatic rings. The molecule has 2 aromatic rings. The molecule has 2 amide bonds. The number of carbonyl (C=O) groups is 3. The van der Waals surface area contributed by atoms with E-state index in [9.17, 15) is 24.6 Å². The Bertz CT molecular complexity index is 943. The monoisotopic (exact) mass is 446 g/mol. The van der Waals surface area contributed by atoms with Crippen molar-refractivity contribution in [2.24, 2.45) is 0 Å². The molecule has 0 bridgehead atoms. The van der Waals surface area contributed by atoms with E-state index >= 15 is 0 Å².